The lowest BCUT2D eigenvalue weighted by Gasteiger charge is -2.08. The molecular weight excluding hydrogens is 230 g/mol. The maximum atomic E-state index is 5.79. The Morgan fingerprint density at radius 3 is 2.59 bits per heavy atom. The molecule has 2 N–H and O–H groups in total. The van der Waals surface area contributed by atoms with Crippen molar-refractivity contribution < 1.29 is 4.74 Å². The molecule has 0 amide bonds. The second-order valence-corrected chi connectivity index (χ2v) is 5.07. The highest BCUT2D eigenvalue weighted by Crippen LogP contribution is 2.16. The molecule has 0 unspecified atom stereocenters. The van der Waals surface area contributed by atoms with E-state index in [9.17, 15) is 0 Å². The summed E-state index contributed by atoms with van der Waals surface area (Å²) in [5.74, 6) is 0.908. The largest absolute Gasteiger partial charge is 0.493 e. The molecule has 1 aromatic heterocycles. The summed E-state index contributed by atoms with van der Waals surface area (Å²) in [6, 6.07) is 12.3. The van der Waals surface area contributed by atoms with Crippen molar-refractivity contribution >= 4 is 11.3 Å². The van der Waals surface area contributed by atoms with E-state index >= 15 is 0 Å². The maximum absolute atomic E-state index is 5.79. The highest BCUT2D eigenvalue weighted by atomic mass is 32.1. The van der Waals surface area contributed by atoms with Crippen LogP contribution in [0, 0.1) is 0 Å². The molecule has 0 spiro atoms. The van der Waals surface area contributed by atoms with Crippen LogP contribution >= 0.6 is 11.3 Å². The number of benzene rings is 1. The van der Waals surface area contributed by atoms with Gasteiger partial charge in [-0.05, 0) is 36.1 Å². The van der Waals surface area contributed by atoms with Crippen molar-refractivity contribution in [3.63, 3.8) is 0 Å². The molecule has 0 saturated heterocycles. The molecule has 0 saturated carbocycles. The third-order valence-electron chi connectivity index (χ3n) is 2.60. The number of hydrogen-bond acceptors (Lipinski definition) is 3. The molecule has 0 aliphatic heterocycles. The number of nitrogens with two attached hydrogens (primary N) is 1. The normalized spacial score (nSPS) is 12.4. The summed E-state index contributed by atoms with van der Waals surface area (Å²) in [5.41, 5.74) is 6.92. The van der Waals surface area contributed by atoms with E-state index in [1.807, 2.05) is 31.2 Å². The molecule has 90 valence electrons. The van der Waals surface area contributed by atoms with Gasteiger partial charge in [-0.3, -0.25) is 0 Å². The predicted molar refractivity (Wildman–Crippen MR) is 72.6 cm³/mol. The standard InChI is InChI=1S/C14H17NOS/c1-11(15)12-4-6-13(7-5-12)16-9-8-14-3-2-10-17-14/h2-7,10-11H,8-9,15H2,1H3/t11-/m1/s1. The van der Waals surface area contributed by atoms with Crippen molar-refractivity contribution in [1.29, 1.82) is 0 Å². The molecule has 1 heterocycles. The van der Waals surface area contributed by atoms with Crippen LogP contribution in [0.5, 0.6) is 5.75 Å². The van der Waals surface area contributed by atoms with E-state index in [0.717, 1.165) is 24.3 Å². The molecule has 2 aromatic rings. The zero-order valence-electron chi connectivity index (χ0n) is 9.93. The molecule has 3 heteroatoms. The van der Waals surface area contributed by atoms with Crippen LogP contribution in [0.15, 0.2) is 41.8 Å². The lowest BCUT2D eigenvalue weighted by molar-refractivity contribution is 0.323. The van der Waals surface area contributed by atoms with Gasteiger partial charge in [0.1, 0.15) is 5.75 Å². The maximum Gasteiger partial charge on any atom is 0.119 e. The first kappa shape index (κ1) is 12.1. The van der Waals surface area contributed by atoms with Crippen LogP contribution in [-0.4, -0.2) is 6.61 Å². The lowest BCUT2D eigenvalue weighted by atomic mass is 10.1. The van der Waals surface area contributed by atoms with Crippen molar-refractivity contribution in [1.82, 2.24) is 0 Å². The number of rotatable bonds is 5. The van der Waals surface area contributed by atoms with Gasteiger partial charge >= 0.3 is 0 Å². The molecule has 0 bridgehead atoms. The third-order valence-corrected chi connectivity index (χ3v) is 3.54. The summed E-state index contributed by atoms with van der Waals surface area (Å²) >= 11 is 1.77. The first-order valence-corrected chi connectivity index (χ1v) is 6.64. The first-order chi connectivity index (χ1) is 8.25. The molecule has 17 heavy (non-hydrogen) atoms. The zero-order chi connectivity index (χ0) is 12.1. The van der Waals surface area contributed by atoms with Gasteiger partial charge in [0.25, 0.3) is 0 Å². The van der Waals surface area contributed by atoms with Gasteiger partial charge in [-0.25, -0.2) is 0 Å². The van der Waals surface area contributed by atoms with Crippen molar-refractivity contribution in [3.05, 3.63) is 52.2 Å². The van der Waals surface area contributed by atoms with E-state index in [0.29, 0.717) is 0 Å². The SMILES string of the molecule is C[C@@H](N)c1ccc(OCCc2cccs2)cc1. The van der Waals surface area contributed by atoms with Gasteiger partial charge in [-0.1, -0.05) is 18.2 Å². The van der Waals surface area contributed by atoms with Crippen molar-refractivity contribution in [3.8, 4) is 5.75 Å². The Bertz CT molecular complexity index is 434. The van der Waals surface area contributed by atoms with Gasteiger partial charge in [0, 0.05) is 17.3 Å². The number of ether oxygens (including phenoxy) is 1. The average Bonchev–Trinajstić information content (AvgIpc) is 2.83. The van der Waals surface area contributed by atoms with Crippen LogP contribution in [0.2, 0.25) is 0 Å². The number of hydrogen-bond donors (Lipinski definition) is 1. The molecule has 2 nitrogen and oxygen atoms in total. The first-order valence-electron chi connectivity index (χ1n) is 5.76. The topological polar surface area (TPSA) is 35.2 Å². The number of thiophene rings is 1. The lowest BCUT2D eigenvalue weighted by Crippen LogP contribution is -2.05. The molecular formula is C14H17NOS. The smallest absolute Gasteiger partial charge is 0.119 e. The van der Waals surface area contributed by atoms with Crippen molar-refractivity contribution in [2.75, 3.05) is 6.61 Å². The van der Waals surface area contributed by atoms with Crippen LogP contribution in [0.4, 0.5) is 0 Å². The molecule has 0 radical (unpaired) electrons. The molecule has 0 aliphatic carbocycles. The highest BCUT2D eigenvalue weighted by molar-refractivity contribution is 7.09. The Kier molecular flexibility index (Phi) is 4.18. The van der Waals surface area contributed by atoms with Crippen LogP contribution < -0.4 is 10.5 Å². The minimum absolute atomic E-state index is 0.0789. The fourth-order valence-corrected chi connectivity index (χ4v) is 2.28. The van der Waals surface area contributed by atoms with Gasteiger partial charge in [0.15, 0.2) is 0 Å². The van der Waals surface area contributed by atoms with E-state index in [-0.39, 0.29) is 6.04 Å². The average molecular weight is 247 g/mol. The zero-order valence-corrected chi connectivity index (χ0v) is 10.7. The van der Waals surface area contributed by atoms with Gasteiger partial charge in [0.05, 0.1) is 6.61 Å². The van der Waals surface area contributed by atoms with Crippen molar-refractivity contribution in [2.45, 2.75) is 19.4 Å². The van der Waals surface area contributed by atoms with Crippen LogP contribution in [0.25, 0.3) is 0 Å². The molecule has 1 aromatic carbocycles. The molecule has 2 rings (SSSR count). The van der Waals surface area contributed by atoms with E-state index < -0.39 is 0 Å². The summed E-state index contributed by atoms with van der Waals surface area (Å²) in [4.78, 5) is 1.36. The van der Waals surface area contributed by atoms with Crippen molar-refractivity contribution in [2.24, 2.45) is 5.73 Å². The summed E-state index contributed by atoms with van der Waals surface area (Å²) < 4.78 is 5.68. The van der Waals surface area contributed by atoms with E-state index in [1.165, 1.54) is 4.88 Å². The summed E-state index contributed by atoms with van der Waals surface area (Å²) in [5, 5.41) is 2.09. The molecule has 0 fully saturated rings. The molecule has 1 atom stereocenters. The second-order valence-electron chi connectivity index (χ2n) is 4.04. The minimum Gasteiger partial charge on any atom is -0.493 e. The van der Waals surface area contributed by atoms with Gasteiger partial charge in [-0.2, -0.15) is 0 Å². The minimum atomic E-state index is 0.0789. The van der Waals surface area contributed by atoms with Gasteiger partial charge in [0.2, 0.25) is 0 Å². The summed E-state index contributed by atoms with van der Waals surface area (Å²) in [6.07, 6.45) is 0.965. The summed E-state index contributed by atoms with van der Waals surface area (Å²) in [7, 11) is 0. The Labute approximate surface area is 106 Å². The monoisotopic (exact) mass is 247 g/mol. The van der Waals surface area contributed by atoms with E-state index in [2.05, 4.69) is 17.5 Å². The molecule has 0 aliphatic rings. The van der Waals surface area contributed by atoms with E-state index in [1.54, 1.807) is 11.3 Å². The van der Waals surface area contributed by atoms with Gasteiger partial charge < -0.3 is 10.5 Å². The quantitative estimate of drug-likeness (QED) is 0.879. The predicted octanol–water partition coefficient (Wildman–Crippen LogP) is 3.39. The Morgan fingerprint density at radius 1 is 1.24 bits per heavy atom. The van der Waals surface area contributed by atoms with Crippen LogP contribution in [0.1, 0.15) is 23.4 Å². The van der Waals surface area contributed by atoms with Crippen LogP contribution in [0.3, 0.4) is 0 Å². The van der Waals surface area contributed by atoms with Gasteiger partial charge in [-0.15, -0.1) is 11.3 Å². The summed E-state index contributed by atoms with van der Waals surface area (Å²) in [6.45, 7) is 2.70. The van der Waals surface area contributed by atoms with E-state index in [4.69, 9.17) is 10.5 Å². The third kappa shape index (κ3) is 3.58. The van der Waals surface area contributed by atoms with Crippen LogP contribution in [-0.2, 0) is 6.42 Å². The highest BCUT2D eigenvalue weighted by Gasteiger charge is 2.00. The fourth-order valence-electron chi connectivity index (χ4n) is 1.59. The Hall–Kier alpha value is -1.32. The fraction of sp³-hybridized carbons (Fsp3) is 0.286. The Morgan fingerprint density at radius 2 is 2.00 bits per heavy atom. The second kappa shape index (κ2) is 5.84. The Balaban J connectivity index is 1.83.